The maximum absolute atomic E-state index is 12.9. The maximum Gasteiger partial charge on any atom is 0.246 e. The highest BCUT2D eigenvalue weighted by Crippen LogP contribution is 2.33. The number of piperazine rings is 1. The summed E-state index contributed by atoms with van der Waals surface area (Å²) in [5.41, 5.74) is 0.0280. The Balaban J connectivity index is 2.26. The summed E-state index contributed by atoms with van der Waals surface area (Å²) in [6.45, 7) is 12.2. The van der Waals surface area contributed by atoms with E-state index in [0.29, 0.717) is 18.9 Å². The van der Waals surface area contributed by atoms with Crippen LogP contribution in [0.25, 0.3) is 0 Å². The predicted molar refractivity (Wildman–Crippen MR) is 83.8 cm³/mol. The summed E-state index contributed by atoms with van der Waals surface area (Å²) < 4.78 is 0. The number of fused-ring (bicyclic) bond motifs is 1. The van der Waals surface area contributed by atoms with Gasteiger partial charge in [-0.15, -0.1) is 0 Å². The van der Waals surface area contributed by atoms with Crippen LogP contribution >= 0.6 is 0 Å². The van der Waals surface area contributed by atoms with E-state index in [9.17, 15) is 9.59 Å². The first kappa shape index (κ1) is 16.3. The average molecular weight is 294 g/mol. The largest absolute Gasteiger partial charge is 0.329 e. The average Bonchev–Trinajstić information content (AvgIpc) is 2.44. The lowest BCUT2D eigenvalue weighted by molar-refractivity contribution is -0.165. The molecule has 0 N–H and O–H groups in total. The normalized spacial score (nSPS) is 27.3. The van der Waals surface area contributed by atoms with Gasteiger partial charge in [0.2, 0.25) is 11.8 Å². The van der Waals surface area contributed by atoms with Crippen molar-refractivity contribution in [1.29, 1.82) is 0 Å². The van der Waals surface area contributed by atoms with Crippen LogP contribution in [0.4, 0.5) is 0 Å². The van der Waals surface area contributed by atoms with E-state index in [0.717, 1.165) is 25.8 Å². The zero-order chi connectivity index (χ0) is 15.8. The van der Waals surface area contributed by atoms with Gasteiger partial charge in [-0.3, -0.25) is 9.59 Å². The van der Waals surface area contributed by atoms with Crippen molar-refractivity contribution in [2.24, 2.45) is 11.3 Å². The second-order valence-electron chi connectivity index (χ2n) is 7.58. The molecular formula is C17H30N2O2. The topological polar surface area (TPSA) is 40.6 Å². The van der Waals surface area contributed by atoms with Gasteiger partial charge in [0.1, 0.15) is 12.1 Å². The minimum Gasteiger partial charge on any atom is -0.329 e. The van der Waals surface area contributed by atoms with Gasteiger partial charge >= 0.3 is 0 Å². The Morgan fingerprint density at radius 2 is 1.86 bits per heavy atom. The van der Waals surface area contributed by atoms with Gasteiger partial charge in [0, 0.05) is 13.1 Å². The standard InChI is InChI=1S/C17H30N2O2/c1-6-13-15(20)18-10-8-7-9-14(18)16(21)19(13)11-17(4,5)12(2)3/h12-14H,6-11H2,1-5H3. The van der Waals surface area contributed by atoms with Crippen molar-refractivity contribution in [3.8, 4) is 0 Å². The molecule has 4 nitrogen and oxygen atoms in total. The fourth-order valence-electron chi connectivity index (χ4n) is 3.33. The van der Waals surface area contributed by atoms with Crippen molar-refractivity contribution in [2.75, 3.05) is 13.1 Å². The Labute approximate surface area is 128 Å². The number of amides is 2. The lowest BCUT2D eigenvalue weighted by atomic mass is 9.79. The molecule has 2 aliphatic heterocycles. The fourth-order valence-corrected chi connectivity index (χ4v) is 3.33. The minimum absolute atomic E-state index is 0.0280. The number of carbonyl (C=O) groups excluding carboxylic acids is 2. The van der Waals surface area contributed by atoms with E-state index in [1.54, 1.807) is 0 Å². The van der Waals surface area contributed by atoms with Crippen LogP contribution in [0.5, 0.6) is 0 Å². The molecule has 0 bridgehead atoms. The molecule has 2 rings (SSSR count). The highest BCUT2D eigenvalue weighted by atomic mass is 16.2. The number of piperidine rings is 1. The van der Waals surface area contributed by atoms with E-state index in [2.05, 4.69) is 27.7 Å². The molecule has 0 spiro atoms. The van der Waals surface area contributed by atoms with Crippen LogP contribution in [0.15, 0.2) is 0 Å². The van der Waals surface area contributed by atoms with Crippen molar-refractivity contribution in [2.45, 2.75) is 72.4 Å². The summed E-state index contributed by atoms with van der Waals surface area (Å²) in [5.74, 6) is 0.818. The first-order valence-electron chi connectivity index (χ1n) is 8.40. The van der Waals surface area contributed by atoms with Gasteiger partial charge in [-0.05, 0) is 37.0 Å². The summed E-state index contributed by atoms with van der Waals surface area (Å²) in [6.07, 6.45) is 3.63. The quantitative estimate of drug-likeness (QED) is 0.800. The van der Waals surface area contributed by atoms with Gasteiger partial charge < -0.3 is 9.80 Å². The van der Waals surface area contributed by atoms with Crippen LogP contribution in [0.3, 0.4) is 0 Å². The Morgan fingerprint density at radius 1 is 1.19 bits per heavy atom. The molecule has 21 heavy (non-hydrogen) atoms. The van der Waals surface area contributed by atoms with Crippen LogP contribution in [0.2, 0.25) is 0 Å². The van der Waals surface area contributed by atoms with Crippen molar-refractivity contribution in [3.63, 3.8) is 0 Å². The zero-order valence-electron chi connectivity index (χ0n) is 14.2. The minimum atomic E-state index is -0.259. The monoisotopic (exact) mass is 294 g/mol. The van der Waals surface area contributed by atoms with Crippen molar-refractivity contribution in [3.05, 3.63) is 0 Å². The van der Waals surface area contributed by atoms with Crippen LogP contribution < -0.4 is 0 Å². The summed E-state index contributed by atoms with van der Waals surface area (Å²) in [6, 6.07) is -0.457. The van der Waals surface area contributed by atoms with Crippen molar-refractivity contribution in [1.82, 2.24) is 9.80 Å². The molecule has 0 aliphatic carbocycles. The number of hydrogen-bond acceptors (Lipinski definition) is 2. The molecule has 2 aliphatic rings. The summed E-state index contributed by atoms with van der Waals surface area (Å²) >= 11 is 0. The molecule has 2 saturated heterocycles. The van der Waals surface area contributed by atoms with Crippen molar-refractivity contribution < 1.29 is 9.59 Å². The Bertz CT molecular complexity index is 417. The van der Waals surface area contributed by atoms with E-state index >= 15 is 0 Å². The van der Waals surface area contributed by atoms with Gasteiger partial charge in [-0.1, -0.05) is 34.6 Å². The third-order valence-electron chi connectivity index (χ3n) is 5.54. The van der Waals surface area contributed by atoms with Crippen molar-refractivity contribution >= 4 is 11.8 Å². The Hall–Kier alpha value is -1.06. The molecule has 0 saturated carbocycles. The molecule has 0 aromatic heterocycles. The molecule has 0 radical (unpaired) electrons. The molecule has 120 valence electrons. The Morgan fingerprint density at radius 3 is 2.43 bits per heavy atom. The molecule has 2 amide bonds. The number of rotatable bonds is 4. The molecule has 2 atom stereocenters. The number of nitrogens with zero attached hydrogens (tertiary/aromatic N) is 2. The lowest BCUT2D eigenvalue weighted by Gasteiger charge is -2.49. The molecule has 2 fully saturated rings. The fraction of sp³-hybridized carbons (Fsp3) is 0.882. The van der Waals surface area contributed by atoms with Gasteiger partial charge in [0.05, 0.1) is 0 Å². The number of carbonyl (C=O) groups is 2. The second kappa shape index (κ2) is 5.98. The zero-order valence-corrected chi connectivity index (χ0v) is 14.2. The van der Waals surface area contributed by atoms with Crippen LogP contribution in [0.1, 0.15) is 60.3 Å². The van der Waals surface area contributed by atoms with E-state index in [-0.39, 0.29) is 29.3 Å². The van der Waals surface area contributed by atoms with E-state index in [1.165, 1.54) is 0 Å². The van der Waals surface area contributed by atoms with Gasteiger partial charge in [0.15, 0.2) is 0 Å². The van der Waals surface area contributed by atoms with Gasteiger partial charge in [-0.2, -0.15) is 0 Å². The number of hydrogen-bond donors (Lipinski definition) is 0. The smallest absolute Gasteiger partial charge is 0.246 e. The SMILES string of the molecule is CCC1C(=O)N2CCCCC2C(=O)N1CC(C)(C)C(C)C. The van der Waals surface area contributed by atoms with E-state index < -0.39 is 0 Å². The van der Waals surface area contributed by atoms with Crippen LogP contribution in [-0.2, 0) is 9.59 Å². The molecule has 4 heteroatoms. The summed E-state index contributed by atoms with van der Waals surface area (Å²) in [4.78, 5) is 29.4. The van der Waals surface area contributed by atoms with Crippen LogP contribution in [-0.4, -0.2) is 46.8 Å². The first-order valence-corrected chi connectivity index (χ1v) is 8.40. The van der Waals surface area contributed by atoms with Gasteiger partial charge in [0.25, 0.3) is 0 Å². The molecule has 0 aromatic carbocycles. The lowest BCUT2D eigenvalue weighted by Crippen LogP contribution is -2.66. The van der Waals surface area contributed by atoms with E-state index in [1.807, 2.05) is 16.7 Å². The highest BCUT2D eigenvalue weighted by molar-refractivity contribution is 5.97. The third-order valence-corrected chi connectivity index (χ3v) is 5.54. The Kier molecular flexibility index (Phi) is 4.64. The third kappa shape index (κ3) is 2.95. The molecule has 2 unspecified atom stereocenters. The first-order chi connectivity index (χ1) is 9.79. The second-order valence-corrected chi connectivity index (χ2v) is 7.58. The summed E-state index contributed by atoms with van der Waals surface area (Å²) in [5, 5.41) is 0. The molecule has 0 aromatic rings. The summed E-state index contributed by atoms with van der Waals surface area (Å²) in [7, 11) is 0. The molecule has 2 heterocycles. The molecular weight excluding hydrogens is 264 g/mol. The van der Waals surface area contributed by atoms with Gasteiger partial charge in [-0.25, -0.2) is 0 Å². The van der Waals surface area contributed by atoms with E-state index in [4.69, 9.17) is 0 Å². The van der Waals surface area contributed by atoms with Crippen LogP contribution in [0, 0.1) is 11.3 Å². The predicted octanol–water partition coefficient (Wildman–Crippen LogP) is 2.67. The maximum atomic E-state index is 12.9. The highest BCUT2D eigenvalue weighted by Gasteiger charge is 2.47.